The van der Waals surface area contributed by atoms with Crippen LogP contribution in [0.4, 0.5) is 0 Å². The van der Waals surface area contributed by atoms with E-state index in [1.165, 1.54) is 44.8 Å². The monoisotopic (exact) mass is 541 g/mol. The van der Waals surface area contributed by atoms with E-state index in [2.05, 4.69) is 105 Å². The van der Waals surface area contributed by atoms with Crippen molar-refractivity contribution >= 4 is 40.7 Å². The lowest BCUT2D eigenvalue weighted by Crippen LogP contribution is -2.15. The first-order chi connectivity index (χ1) is 20.5. The van der Waals surface area contributed by atoms with Gasteiger partial charge >= 0.3 is 0 Å². The van der Waals surface area contributed by atoms with Crippen molar-refractivity contribution in [3.8, 4) is 33.5 Å². The summed E-state index contributed by atoms with van der Waals surface area (Å²) in [6.45, 7) is 13.0. The molecule has 7 rings (SSSR count). The molecule has 1 aliphatic rings. The van der Waals surface area contributed by atoms with Crippen LogP contribution in [0.5, 0.6) is 0 Å². The van der Waals surface area contributed by atoms with Crippen LogP contribution in [0, 0.1) is 5.41 Å². The van der Waals surface area contributed by atoms with Gasteiger partial charge in [0.15, 0.2) is 0 Å². The van der Waals surface area contributed by atoms with Gasteiger partial charge in [0.25, 0.3) is 0 Å². The number of nitrogens with zero attached hydrogens (tertiary/aromatic N) is 2. The van der Waals surface area contributed by atoms with E-state index < -0.39 is 0 Å². The molecule has 3 nitrogen and oxygen atoms in total. The third-order valence-electron chi connectivity index (χ3n) is 8.75. The topological polar surface area (TPSA) is 49.1 Å². The standard InChI is InChI=1S/C39H31N3/c1-5-28-31-13-8-9-16-35(31)42-38(33(28)22-40)27-20-24(23-41-4)19-26(21-27)29-14-10-15-34-36(29)32-18-17-25-11-6-7-12-30(25)37(32)39(34,2)3/h5-22,40H,1,4,23H2,2-3H3. The number of para-hydroxylation sites is 1. The molecule has 0 radical (unpaired) electrons. The van der Waals surface area contributed by atoms with E-state index in [1.807, 2.05) is 30.3 Å². The Kier molecular flexibility index (Phi) is 5.98. The zero-order chi connectivity index (χ0) is 29.0. The molecule has 0 amide bonds. The van der Waals surface area contributed by atoms with Gasteiger partial charge in [-0.2, -0.15) is 0 Å². The number of hydrogen-bond acceptors (Lipinski definition) is 3. The zero-order valence-electron chi connectivity index (χ0n) is 23.9. The van der Waals surface area contributed by atoms with Gasteiger partial charge in [0.2, 0.25) is 0 Å². The summed E-state index contributed by atoms with van der Waals surface area (Å²) >= 11 is 0. The molecule has 0 spiro atoms. The number of aliphatic imine (C=N–C) groups is 1. The fraction of sp³-hybridized carbons (Fsp3) is 0.103. The third-order valence-corrected chi connectivity index (χ3v) is 8.75. The van der Waals surface area contributed by atoms with Gasteiger partial charge in [-0.1, -0.05) is 99.3 Å². The molecule has 0 saturated carbocycles. The van der Waals surface area contributed by atoms with Crippen molar-refractivity contribution < 1.29 is 0 Å². The number of benzene rings is 5. The van der Waals surface area contributed by atoms with Crippen molar-refractivity contribution in [2.24, 2.45) is 4.99 Å². The van der Waals surface area contributed by atoms with E-state index in [-0.39, 0.29) is 5.41 Å². The van der Waals surface area contributed by atoms with Crippen LogP contribution in [0.25, 0.3) is 61.3 Å². The van der Waals surface area contributed by atoms with Crippen molar-refractivity contribution in [1.29, 1.82) is 5.41 Å². The number of aromatic nitrogens is 1. The number of nitrogens with one attached hydrogen (secondary N) is 1. The van der Waals surface area contributed by atoms with E-state index in [4.69, 9.17) is 10.4 Å². The van der Waals surface area contributed by atoms with Crippen LogP contribution in [-0.4, -0.2) is 17.9 Å². The summed E-state index contributed by atoms with van der Waals surface area (Å²) in [7, 11) is 0. The lowest BCUT2D eigenvalue weighted by Gasteiger charge is -2.23. The summed E-state index contributed by atoms with van der Waals surface area (Å²) < 4.78 is 0. The van der Waals surface area contributed by atoms with Crippen LogP contribution >= 0.6 is 0 Å². The van der Waals surface area contributed by atoms with Crippen LogP contribution in [0.2, 0.25) is 0 Å². The molecule has 0 bridgehead atoms. The zero-order valence-corrected chi connectivity index (χ0v) is 23.9. The molecule has 42 heavy (non-hydrogen) atoms. The van der Waals surface area contributed by atoms with E-state index in [9.17, 15) is 0 Å². The van der Waals surface area contributed by atoms with E-state index >= 15 is 0 Å². The molecule has 1 heterocycles. The van der Waals surface area contributed by atoms with Crippen molar-refractivity contribution in [1.82, 2.24) is 4.98 Å². The molecule has 0 unspecified atom stereocenters. The molecule has 202 valence electrons. The molecule has 5 aromatic carbocycles. The molecule has 0 atom stereocenters. The Morgan fingerprint density at radius 2 is 1.57 bits per heavy atom. The summed E-state index contributed by atoms with van der Waals surface area (Å²) in [6.07, 6.45) is 3.23. The predicted octanol–water partition coefficient (Wildman–Crippen LogP) is 9.87. The SMILES string of the molecule is C=Cc1c(C=N)c(-c2cc(CN=C)cc(-c3cccc4c3-c3ccc5ccccc5c3C4(C)C)c2)nc2ccccc12. The van der Waals surface area contributed by atoms with Crippen molar-refractivity contribution in [2.45, 2.75) is 25.8 Å². The van der Waals surface area contributed by atoms with Crippen LogP contribution in [0.3, 0.4) is 0 Å². The van der Waals surface area contributed by atoms with Crippen LogP contribution < -0.4 is 0 Å². The fourth-order valence-electron chi connectivity index (χ4n) is 6.93. The summed E-state index contributed by atoms with van der Waals surface area (Å²) in [5.74, 6) is 0. The number of hydrogen-bond donors (Lipinski definition) is 1. The van der Waals surface area contributed by atoms with Gasteiger partial charge in [0.05, 0.1) is 17.8 Å². The summed E-state index contributed by atoms with van der Waals surface area (Å²) in [6, 6.07) is 34.5. The second-order valence-corrected chi connectivity index (χ2v) is 11.5. The van der Waals surface area contributed by atoms with Gasteiger partial charge in [-0.3, -0.25) is 4.99 Å². The molecule has 0 aliphatic heterocycles. The summed E-state index contributed by atoms with van der Waals surface area (Å²) in [5, 5.41) is 11.9. The Hall–Kier alpha value is -5.15. The largest absolute Gasteiger partial charge is 0.308 e. The fourth-order valence-corrected chi connectivity index (χ4v) is 6.93. The van der Waals surface area contributed by atoms with E-state index in [1.54, 1.807) is 0 Å². The van der Waals surface area contributed by atoms with Gasteiger partial charge in [-0.15, -0.1) is 0 Å². The third kappa shape index (κ3) is 3.77. The highest BCUT2D eigenvalue weighted by atomic mass is 14.7. The molecule has 0 saturated heterocycles. The Balaban J connectivity index is 1.52. The normalized spacial score (nSPS) is 13.1. The lowest BCUT2D eigenvalue weighted by molar-refractivity contribution is 0.666. The molecule has 1 aromatic heterocycles. The first kappa shape index (κ1) is 25.8. The Bertz CT molecular complexity index is 2100. The predicted molar refractivity (Wildman–Crippen MR) is 179 cm³/mol. The van der Waals surface area contributed by atoms with E-state index in [0.29, 0.717) is 6.54 Å². The Morgan fingerprint density at radius 3 is 2.36 bits per heavy atom. The highest BCUT2D eigenvalue weighted by molar-refractivity contribution is 6.04. The second-order valence-electron chi connectivity index (χ2n) is 11.5. The molecule has 3 heteroatoms. The summed E-state index contributed by atoms with van der Waals surface area (Å²) in [4.78, 5) is 9.32. The average Bonchev–Trinajstić information content (AvgIpc) is 3.26. The molecular formula is C39H31N3. The van der Waals surface area contributed by atoms with Gasteiger partial charge in [0.1, 0.15) is 0 Å². The minimum atomic E-state index is -0.142. The maximum Gasteiger partial charge on any atom is 0.0803 e. The van der Waals surface area contributed by atoms with Crippen LogP contribution in [0.15, 0.2) is 109 Å². The minimum Gasteiger partial charge on any atom is -0.308 e. The van der Waals surface area contributed by atoms with Gasteiger partial charge in [0, 0.05) is 28.1 Å². The number of pyridine rings is 1. The molecule has 6 aromatic rings. The van der Waals surface area contributed by atoms with Gasteiger partial charge in [-0.25, -0.2) is 4.98 Å². The average molecular weight is 542 g/mol. The van der Waals surface area contributed by atoms with Crippen LogP contribution in [-0.2, 0) is 12.0 Å². The van der Waals surface area contributed by atoms with E-state index in [0.717, 1.165) is 44.4 Å². The highest BCUT2D eigenvalue weighted by Gasteiger charge is 2.38. The molecule has 1 N–H and O–H groups in total. The molecule has 0 fully saturated rings. The second kappa shape index (κ2) is 9.74. The minimum absolute atomic E-state index is 0.142. The number of fused-ring (bicyclic) bond motifs is 6. The lowest BCUT2D eigenvalue weighted by atomic mass is 9.80. The summed E-state index contributed by atoms with van der Waals surface area (Å²) in [5.41, 5.74) is 12.8. The quantitative estimate of drug-likeness (QED) is 0.210. The van der Waals surface area contributed by atoms with Crippen LogP contribution in [0.1, 0.15) is 41.7 Å². The smallest absolute Gasteiger partial charge is 0.0803 e. The van der Waals surface area contributed by atoms with Gasteiger partial charge < -0.3 is 5.41 Å². The van der Waals surface area contributed by atoms with Crippen molar-refractivity contribution in [2.75, 3.05) is 0 Å². The molecule has 1 aliphatic carbocycles. The maximum atomic E-state index is 8.36. The first-order valence-corrected chi connectivity index (χ1v) is 14.2. The van der Waals surface area contributed by atoms with Gasteiger partial charge in [-0.05, 0) is 86.3 Å². The van der Waals surface area contributed by atoms with Crippen molar-refractivity contribution in [3.05, 3.63) is 131 Å². The maximum absolute atomic E-state index is 8.36. The number of rotatable bonds is 6. The highest BCUT2D eigenvalue weighted by Crippen LogP contribution is 2.54. The Labute approximate surface area is 246 Å². The first-order valence-electron chi connectivity index (χ1n) is 14.2. The van der Waals surface area contributed by atoms with Crippen molar-refractivity contribution in [3.63, 3.8) is 0 Å². The Morgan fingerprint density at radius 1 is 0.810 bits per heavy atom. The molecular weight excluding hydrogens is 510 g/mol.